The number of benzene rings is 1. The summed E-state index contributed by atoms with van der Waals surface area (Å²) in [4.78, 5) is 40.1. The van der Waals surface area contributed by atoms with Crippen molar-refractivity contribution in [3.63, 3.8) is 0 Å². The first kappa shape index (κ1) is 17.6. The predicted molar refractivity (Wildman–Crippen MR) is 93.5 cm³/mol. The van der Waals surface area contributed by atoms with Gasteiger partial charge in [-0.05, 0) is 29.7 Å². The van der Waals surface area contributed by atoms with Gasteiger partial charge in [0.25, 0.3) is 5.91 Å². The van der Waals surface area contributed by atoms with Gasteiger partial charge < -0.3 is 15.3 Å². The molecule has 1 aliphatic heterocycles. The number of nitrogens with zero attached hydrogens (tertiary/aromatic N) is 2. The lowest BCUT2D eigenvalue weighted by molar-refractivity contribution is -0.128. The summed E-state index contributed by atoms with van der Waals surface area (Å²) in [6.07, 6.45) is 2.80. The molecule has 0 bridgehead atoms. The van der Waals surface area contributed by atoms with Gasteiger partial charge >= 0.3 is 5.97 Å². The number of carboxylic acid groups (broad SMARTS) is 1. The summed E-state index contributed by atoms with van der Waals surface area (Å²) in [7, 11) is 0. The van der Waals surface area contributed by atoms with Gasteiger partial charge in [0, 0.05) is 32.3 Å². The summed E-state index contributed by atoms with van der Waals surface area (Å²) in [5.74, 6) is -1.25. The van der Waals surface area contributed by atoms with E-state index in [1.54, 1.807) is 0 Å². The van der Waals surface area contributed by atoms with Crippen molar-refractivity contribution in [2.45, 2.75) is 25.9 Å². The van der Waals surface area contributed by atoms with Gasteiger partial charge in [0.15, 0.2) is 0 Å². The van der Waals surface area contributed by atoms with E-state index < -0.39 is 5.97 Å². The normalized spacial score (nSPS) is 13.7. The molecule has 1 aromatic carbocycles. The number of aromatic carboxylic acids is 1. The van der Waals surface area contributed by atoms with Gasteiger partial charge in [-0.2, -0.15) is 0 Å². The molecule has 2 heterocycles. The van der Waals surface area contributed by atoms with Crippen LogP contribution in [0.4, 0.5) is 0 Å². The lowest BCUT2D eigenvalue weighted by Gasteiger charge is -2.15. The van der Waals surface area contributed by atoms with Crippen molar-refractivity contribution in [2.24, 2.45) is 0 Å². The third-order valence-corrected chi connectivity index (χ3v) is 4.27. The van der Waals surface area contributed by atoms with Crippen LogP contribution < -0.4 is 5.32 Å². The van der Waals surface area contributed by atoms with Crippen molar-refractivity contribution in [1.82, 2.24) is 15.2 Å². The molecule has 1 fully saturated rings. The summed E-state index contributed by atoms with van der Waals surface area (Å²) in [5.41, 5.74) is 2.20. The van der Waals surface area contributed by atoms with Crippen LogP contribution in [0.1, 0.15) is 44.8 Å². The fourth-order valence-electron chi connectivity index (χ4n) is 2.79. The molecule has 2 N–H and O–H groups in total. The average Bonchev–Trinajstić information content (AvgIpc) is 3.05. The lowest BCUT2D eigenvalue weighted by atomic mass is 10.1. The van der Waals surface area contributed by atoms with Gasteiger partial charge in [-0.15, -0.1) is 0 Å². The highest BCUT2D eigenvalue weighted by Gasteiger charge is 2.19. The van der Waals surface area contributed by atoms with E-state index in [1.807, 2.05) is 29.2 Å². The Morgan fingerprint density at radius 3 is 2.42 bits per heavy atom. The zero-order chi connectivity index (χ0) is 18.5. The van der Waals surface area contributed by atoms with Crippen LogP contribution in [-0.2, 0) is 17.9 Å². The molecular weight excluding hydrogens is 334 g/mol. The summed E-state index contributed by atoms with van der Waals surface area (Å²) in [5, 5.41) is 11.6. The Balaban J connectivity index is 1.53. The van der Waals surface area contributed by atoms with E-state index in [-0.39, 0.29) is 17.5 Å². The van der Waals surface area contributed by atoms with Crippen molar-refractivity contribution in [3.8, 4) is 0 Å². The number of rotatable bonds is 6. The average molecular weight is 353 g/mol. The van der Waals surface area contributed by atoms with E-state index in [1.165, 1.54) is 18.3 Å². The number of carboxylic acids is 1. The second-order valence-corrected chi connectivity index (χ2v) is 6.16. The highest BCUT2D eigenvalue weighted by Crippen LogP contribution is 2.14. The smallest absolute Gasteiger partial charge is 0.354 e. The summed E-state index contributed by atoms with van der Waals surface area (Å²) >= 11 is 0. The number of carbonyl (C=O) groups excluding carboxylic acids is 2. The fraction of sp³-hybridized carbons (Fsp3) is 0.263. The highest BCUT2D eigenvalue weighted by atomic mass is 16.4. The number of pyridine rings is 1. The van der Waals surface area contributed by atoms with Gasteiger partial charge in [0.1, 0.15) is 5.69 Å². The maximum atomic E-state index is 12.1. The Hall–Kier alpha value is -3.22. The van der Waals surface area contributed by atoms with Crippen LogP contribution in [0.15, 0.2) is 42.6 Å². The number of hydrogen-bond acceptors (Lipinski definition) is 4. The summed E-state index contributed by atoms with van der Waals surface area (Å²) in [6, 6.07) is 10.5. The molecular formula is C19H19N3O4. The van der Waals surface area contributed by atoms with Crippen LogP contribution in [0.2, 0.25) is 0 Å². The van der Waals surface area contributed by atoms with E-state index >= 15 is 0 Å². The van der Waals surface area contributed by atoms with E-state index in [4.69, 9.17) is 5.11 Å². The van der Waals surface area contributed by atoms with Gasteiger partial charge in [-0.3, -0.25) is 9.59 Å². The van der Waals surface area contributed by atoms with Crippen LogP contribution in [0.25, 0.3) is 0 Å². The molecule has 1 saturated heterocycles. The Bertz CT molecular complexity index is 816. The number of likely N-dealkylation sites (tertiary alicyclic amines) is 1. The van der Waals surface area contributed by atoms with Crippen molar-refractivity contribution in [3.05, 3.63) is 65.0 Å². The predicted octanol–water partition coefficient (Wildman–Crippen LogP) is 1.83. The molecule has 0 atom stereocenters. The second kappa shape index (κ2) is 7.77. The standard InChI is InChI=1S/C19H19N3O4/c23-17-2-1-9-22(17)12-14-5-3-13(4-6-14)10-21-18(24)15-7-8-16(19(25)26)20-11-15/h3-8,11H,1-2,9-10,12H2,(H,21,24)(H,25,26). The Labute approximate surface area is 150 Å². The van der Waals surface area contributed by atoms with Crippen LogP contribution >= 0.6 is 0 Å². The second-order valence-electron chi connectivity index (χ2n) is 6.16. The quantitative estimate of drug-likeness (QED) is 0.825. The van der Waals surface area contributed by atoms with Gasteiger partial charge in [-0.25, -0.2) is 9.78 Å². The third-order valence-electron chi connectivity index (χ3n) is 4.27. The van der Waals surface area contributed by atoms with Crippen molar-refractivity contribution >= 4 is 17.8 Å². The number of aromatic nitrogens is 1. The van der Waals surface area contributed by atoms with Crippen LogP contribution in [0.3, 0.4) is 0 Å². The largest absolute Gasteiger partial charge is 0.477 e. The molecule has 0 unspecified atom stereocenters. The van der Waals surface area contributed by atoms with E-state index in [0.29, 0.717) is 25.1 Å². The first-order valence-corrected chi connectivity index (χ1v) is 8.36. The summed E-state index contributed by atoms with van der Waals surface area (Å²) < 4.78 is 0. The highest BCUT2D eigenvalue weighted by molar-refractivity contribution is 5.94. The number of nitrogens with one attached hydrogen (secondary N) is 1. The Morgan fingerprint density at radius 2 is 1.85 bits per heavy atom. The molecule has 26 heavy (non-hydrogen) atoms. The fourth-order valence-corrected chi connectivity index (χ4v) is 2.79. The minimum absolute atomic E-state index is 0.103. The maximum absolute atomic E-state index is 12.1. The number of amides is 2. The molecule has 7 nitrogen and oxygen atoms in total. The van der Waals surface area contributed by atoms with E-state index in [2.05, 4.69) is 10.3 Å². The molecule has 0 saturated carbocycles. The van der Waals surface area contributed by atoms with Gasteiger partial charge in [0.05, 0.1) is 5.56 Å². The number of hydrogen-bond donors (Lipinski definition) is 2. The third kappa shape index (κ3) is 4.24. The first-order chi connectivity index (χ1) is 12.5. The van der Waals surface area contributed by atoms with E-state index in [9.17, 15) is 14.4 Å². The lowest BCUT2D eigenvalue weighted by Crippen LogP contribution is -2.24. The Kier molecular flexibility index (Phi) is 5.26. The molecule has 0 radical (unpaired) electrons. The first-order valence-electron chi connectivity index (χ1n) is 8.36. The van der Waals surface area contributed by atoms with E-state index in [0.717, 1.165) is 24.1 Å². The van der Waals surface area contributed by atoms with Crippen molar-refractivity contribution in [1.29, 1.82) is 0 Å². The SMILES string of the molecule is O=C(NCc1ccc(CN2CCCC2=O)cc1)c1ccc(C(=O)O)nc1. The number of carbonyl (C=O) groups is 3. The zero-order valence-electron chi connectivity index (χ0n) is 14.1. The molecule has 1 aliphatic rings. The molecule has 3 rings (SSSR count). The molecule has 134 valence electrons. The zero-order valence-corrected chi connectivity index (χ0v) is 14.1. The molecule has 1 aromatic heterocycles. The minimum atomic E-state index is -1.13. The Morgan fingerprint density at radius 1 is 1.12 bits per heavy atom. The van der Waals surface area contributed by atoms with Crippen LogP contribution in [0.5, 0.6) is 0 Å². The monoisotopic (exact) mass is 353 g/mol. The van der Waals surface area contributed by atoms with Crippen LogP contribution in [-0.4, -0.2) is 39.3 Å². The van der Waals surface area contributed by atoms with Gasteiger partial charge in [0.2, 0.25) is 5.91 Å². The van der Waals surface area contributed by atoms with Crippen molar-refractivity contribution in [2.75, 3.05) is 6.54 Å². The van der Waals surface area contributed by atoms with Crippen molar-refractivity contribution < 1.29 is 19.5 Å². The molecule has 0 aliphatic carbocycles. The minimum Gasteiger partial charge on any atom is -0.477 e. The van der Waals surface area contributed by atoms with Crippen LogP contribution in [0, 0.1) is 0 Å². The summed E-state index contributed by atoms with van der Waals surface area (Å²) in [6.45, 7) is 1.78. The molecule has 7 heteroatoms. The topological polar surface area (TPSA) is 99.6 Å². The maximum Gasteiger partial charge on any atom is 0.354 e. The molecule has 2 amide bonds. The molecule has 0 spiro atoms. The van der Waals surface area contributed by atoms with Gasteiger partial charge in [-0.1, -0.05) is 24.3 Å². The molecule has 2 aromatic rings.